The van der Waals surface area contributed by atoms with Gasteiger partial charge in [-0.2, -0.15) is 0 Å². The van der Waals surface area contributed by atoms with Crippen LogP contribution in [0.15, 0.2) is 28.7 Å². The van der Waals surface area contributed by atoms with E-state index in [0.29, 0.717) is 11.0 Å². The minimum absolute atomic E-state index is 0.0447. The average molecular weight is 364 g/mol. The first kappa shape index (κ1) is 13.4. The highest BCUT2D eigenvalue weighted by molar-refractivity contribution is 9.10. The Morgan fingerprint density at radius 1 is 1.24 bits per heavy atom. The Bertz CT molecular complexity index is 689. The summed E-state index contributed by atoms with van der Waals surface area (Å²) in [5.74, 6) is 0.623. The van der Waals surface area contributed by atoms with E-state index >= 15 is 0 Å². The third kappa shape index (κ3) is 2.51. The lowest BCUT2D eigenvalue weighted by Crippen LogP contribution is -2.27. The number of hydrogen-bond donors (Lipinski definition) is 1. The summed E-state index contributed by atoms with van der Waals surface area (Å²) in [4.78, 5) is 12.6. The fourth-order valence-electron chi connectivity index (χ4n) is 2.54. The number of nitrogens with zero attached hydrogens (tertiary/aromatic N) is 2. The summed E-state index contributed by atoms with van der Waals surface area (Å²) in [5.41, 5.74) is 0.710. The molecular formula is C15H14BrN3OS. The Labute approximate surface area is 135 Å². The van der Waals surface area contributed by atoms with Crippen LogP contribution in [0.25, 0.3) is 0 Å². The van der Waals surface area contributed by atoms with E-state index in [1.165, 1.54) is 24.2 Å². The molecule has 0 spiro atoms. The highest BCUT2D eigenvalue weighted by Gasteiger charge is 2.51. The number of rotatable bonds is 4. The van der Waals surface area contributed by atoms with Gasteiger partial charge in [0.2, 0.25) is 11.0 Å². The molecule has 0 unspecified atom stereocenters. The zero-order valence-corrected chi connectivity index (χ0v) is 13.7. The predicted octanol–water partition coefficient (Wildman–Crippen LogP) is 3.85. The van der Waals surface area contributed by atoms with Gasteiger partial charge in [0, 0.05) is 10.4 Å². The van der Waals surface area contributed by atoms with Crippen molar-refractivity contribution in [3.8, 4) is 0 Å². The number of hydrogen-bond acceptors (Lipinski definition) is 4. The molecule has 0 radical (unpaired) electrons. The first-order chi connectivity index (χ1) is 10.2. The van der Waals surface area contributed by atoms with E-state index in [1.807, 2.05) is 24.3 Å². The zero-order valence-electron chi connectivity index (χ0n) is 11.3. The highest BCUT2D eigenvalue weighted by atomic mass is 79.9. The topological polar surface area (TPSA) is 54.9 Å². The van der Waals surface area contributed by atoms with Crippen molar-refractivity contribution < 1.29 is 4.79 Å². The standard InChI is InChI=1S/C15H14BrN3OS/c16-11-5-3-10(4-6-11)15(7-8-15)13(20)17-14-19-18-12(21-14)9-1-2-9/h3-6,9H,1-2,7-8H2,(H,17,19,20). The first-order valence-corrected chi connectivity index (χ1v) is 8.69. The minimum Gasteiger partial charge on any atom is -0.300 e. The fourth-order valence-corrected chi connectivity index (χ4v) is 3.71. The monoisotopic (exact) mass is 363 g/mol. The summed E-state index contributed by atoms with van der Waals surface area (Å²) in [6.07, 6.45) is 4.19. The van der Waals surface area contributed by atoms with Gasteiger partial charge in [-0.05, 0) is 43.4 Å². The van der Waals surface area contributed by atoms with Crippen molar-refractivity contribution in [2.24, 2.45) is 0 Å². The van der Waals surface area contributed by atoms with Gasteiger partial charge in [-0.15, -0.1) is 10.2 Å². The molecule has 2 aromatic rings. The van der Waals surface area contributed by atoms with Gasteiger partial charge in [-0.1, -0.05) is 39.4 Å². The van der Waals surface area contributed by atoms with Crippen molar-refractivity contribution in [2.45, 2.75) is 37.0 Å². The van der Waals surface area contributed by atoms with E-state index in [9.17, 15) is 4.79 Å². The largest absolute Gasteiger partial charge is 0.300 e. The number of carbonyl (C=O) groups excluding carboxylic acids is 1. The lowest BCUT2D eigenvalue weighted by molar-refractivity contribution is -0.118. The van der Waals surface area contributed by atoms with Gasteiger partial charge in [0.15, 0.2) is 0 Å². The number of aromatic nitrogens is 2. The molecule has 4 nitrogen and oxygen atoms in total. The molecule has 4 rings (SSSR count). The fraction of sp³-hybridized carbons (Fsp3) is 0.400. The third-order valence-electron chi connectivity index (χ3n) is 4.17. The second-order valence-corrected chi connectivity index (χ2v) is 7.69. The molecule has 0 bridgehead atoms. The summed E-state index contributed by atoms with van der Waals surface area (Å²) in [6, 6.07) is 8.01. The number of halogens is 1. The van der Waals surface area contributed by atoms with E-state index < -0.39 is 0 Å². The van der Waals surface area contributed by atoms with Crippen molar-refractivity contribution in [3.05, 3.63) is 39.3 Å². The number of carbonyl (C=O) groups is 1. The van der Waals surface area contributed by atoms with Crippen molar-refractivity contribution in [1.82, 2.24) is 10.2 Å². The molecule has 2 aliphatic carbocycles. The van der Waals surface area contributed by atoms with E-state index in [0.717, 1.165) is 27.9 Å². The molecular weight excluding hydrogens is 350 g/mol. The molecule has 21 heavy (non-hydrogen) atoms. The number of nitrogens with one attached hydrogen (secondary N) is 1. The van der Waals surface area contributed by atoms with Gasteiger partial charge in [0.1, 0.15) is 5.01 Å². The third-order valence-corrected chi connectivity index (χ3v) is 5.70. The molecule has 6 heteroatoms. The van der Waals surface area contributed by atoms with Gasteiger partial charge in [0.05, 0.1) is 5.41 Å². The van der Waals surface area contributed by atoms with Crippen LogP contribution in [-0.2, 0) is 10.2 Å². The lowest BCUT2D eigenvalue weighted by atomic mass is 9.95. The van der Waals surface area contributed by atoms with E-state index in [-0.39, 0.29) is 11.3 Å². The molecule has 1 amide bonds. The summed E-state index contributed by atoms with van der Waals surface area (Å²) in [5, 5.41) is 12.9. The van der Waals surface area contributed by atoms with Crippen molar-refractivity contribution >= 4 is 38.3 Å². The van der Waals surface area contributed by atoms with Gasteiger partial charge >= 0.3 is 0 Å². The average Bonchev–Trinajstić information content (AvgIpc) is 3.39. The normalized spacial score (nSPS) is 19.3. The Morgan fingerprint density at radius 3 is 2.57 bits per heavy atom. The van der Waals surface area contributed by atoms with Gasteiger partial charge in [-0.25, -0.2) is 0 Å². The Kier molecular flexibility index (Phi) is 3.11. The molecule has 108 valence electrons. The molecule has 2 saturated carbocycles. The SMILES string of the molecule is O=C(Nc1nnc(C2CC2)s1)C1(c2ccc(Br)cc2)CC1. The van der Waals surface area contributed by atoms with Gasteiger partial charge in [0.25, 0.3) is 0 Å². The number of amides is 1. The molecule has 0 aliphatic heterocycles. The molecule has 1 aromatic carbocycles. The Balaban J connectivity index is 1.52. The van der Waals surface area contributed by atoms with Crippen LogP contribution in [0.3, 0.4) is 0 Å². The number of benzene rings is 1. The molecule has 1 aromatic heterocycles. The summed E-state index contributed by atoms with van der Waals surface area (Å²) >= 11 is 4.94. The quantitative estimate of drug-likeness (QED) is 0.897. The second kappa shape index (κ2) is 4.88. The van der Waals surface area contributed by atoms with Crippen LogP contribution in [-0.4, -0.2) is 16.1 Å². The van der Waals surface area contributed by atoms with Gasteiger partial charge in [-0.3, -0.25) is 10.1 Å². The van der Waals surface area contributed by atoms with Crippen LogP contribution >= 0.6 is 27.3 Å². The van der Waals surface area contributed by atoms with Crippen LogP contribution in [0.2, 0.25) is 0 Å². The molecule has 2 fully saturated rings. The lowest BCUT2D eigenvalue weighted by Gasteiger charge is -2.14. The van der Waals surface area contributed by atoms with Crippen LogP contribution in [0, 0.1) is 0 Å². The van der Waals surface area contributed by atoms with Crippen molar-refractivity contribution in [3.63, 3.8) is 0 Å². The maximum absolute atomic E-state index is 12.6. The maximum Gasteiger partial charge on any atom is 0.236 e. The highest BCUT2D eigenvalue weighted by Crippen LogP contribution is 2.49. The Hall–Kier alpha value is -1.27. The van der Waals surface area contributed by atoms with E-state index in [1.54, 1.807) is 0 Å². The van der Waals surface area contributed by atoms with Crippen molar-refractivity contribution in [2.75, 3.05) is 5.32 Å². The number of anilines is 1. The van der Waals surface area contributed by atoms with E-state index in [2.05, 4.69) is 31.4 Å². The molecule has 1 heterocycles. The smallest absolute Gasteiger partial charge is 0.236 e. The molecule has 1 N–H and O–H groups in total. The molecule has 2 aliphatic rings. The predicted molar refractivity (Wildman–Crippen MR) is 85.6 cm³/mol. The first-order valence-electron chi connectivity index (χ1n) is 7.08. The van der Waals surface area contributed by atoms with Crippen LogP contribution in [0.4, 0.5) is 5.13 Å². The van der Waals surface area contributed by atoms with E-state index in [4.69, 9.17) is 0 Å². The van der Waals surface area contributed by atoms with Crippen LogP contribution in [0.1, 0.15) is 42.2 Å². The van der Waals surface area contributed by atoms with Gasteiger partial charge < -0.3 is 0 Å². The Morgan fingerprint density at radius 2 is 1.95 bits per heavy atom. The second-order valence-electron chi connectivity index (χ2n) is 5.76. The minimum atomic E-state index is -0.369. The summed E-state index contributed by atoms with van der Waals surface area (Å²) in [7, 11) is 0. The zero-order chi connectivity index (χ0) is 14.4. The molecule has 0 saturated heterocycles. The van der Waals surface area contributed by atoms with Crippen LogP contribution in [0.5, 0.6) is 0 Å². The van der Waals surface area contributed by atoms with Crippen LogP contribution < -0.4 is 5.32 Å². The van der Waals surface area contributed by atoms with Crippen molar-refractivity contribution in [1.29, 1.82) is 0 Å². The summed E-state index contributed by atoms with van der Waals surface area (Å²) in [6.45, 7) is 0. The maximum atomic E-state index is 12.6. The summed E-state index contributed by atoms with van der Waals surface area (Å²) < 4.78 is 1.03. The molecule has 0 atom stereocenters.